The van der Waals surface area contributed by atoms with E-state index in [2.05, 4.69) is 10.3 Å². The molecule has 4 rings (SSSR count). The van der Waals surface area contributed by atoms with E-state index in [1.165, 1.54) is 12.0 Å². The number of carbonyl (C=O) groups is 4. The highest BCUT2D eigenvalue weighted by Crippen LogP contribution is 2.47. The third-order valence-electron chi connectivity index (χ3n) is 11.2. The number of benzene rings is 1. The minimum absolute atomic E-state index is 0.0759. The number of fused-ring (bicyclic) bond motifs is 1. The van der Waals surface area contributed by atoms with E-state index >= 15 is 4.39 Å². The van der Waals surface area contributed by atoms with Crippen molar-refractivity contribution >= 4 is 37.2 Å². The zero-order valence-corrected chi connectivity index (χ0v) is 30.6. The molecule has 2 fully saturated rings. The van der Waals surface area contributed by atoms with E-state index in [-0.39, 0.29) is 18.7 Å². The normalized spacial score (nSPS) is 33.5. The number of ether oxygens (including phenoxy) is 3. The molecule has 14 heteroatoms. The first kappa shape index (κ1) is 38.7. The van der Waals surface area contributed by atoms with Crippen LogP contribution in [0.5, 0.6) is 0 Å². The molecule has 272 valence electrons. The molecular weight excluding hydrogens is 644 g/mol. The van der Waals surface area contributed by atoms with Gasteiger partial charge in [-0.15, -0.1) is 5.10 Å². The number of alkyl halides is 1. The largest absolute Gasteiger partial charge is 0.455 e. The van der Waals surface area contributed by atoms with Gasteiger partial charge in [0.1, 0.15) is 25.4 Å². The van der Waals surface area contributed by atoms with Crippen LogP contribution in [0.2, 0.25) is 5.31 Å². The maximum absolute atomic E-state index is 16.3. The number of anilines is 1. The van der Waals surface area contributed by atoms with Gasteiger partial charge in [-0.25, -0.2) is 18.7 Å². The lowest BCUT2D eigenvalue weighted by Crippen LogP contribution is -2.59. The number of hydrogen-bond donors (Lipinski definition) is 1. The molecule has 9 atom stereocenters. The molecule has 0 radical (unpaired) electrons. The van der Waals surface area contributed by atoms with Crippen LogP contribution in [-0.4, -0.2) is 94.5 Å². The Morgan fingerprint density at radius 2 is 1.84 bits per heavy atom. The number of methoxy groups -OCH3 is 1. The average Bonchev–Trinajstić information content (AvgIpc) is 3.66. The number of allylic oxidation sites excluding steroid dienone is 1. The van der Waals surface area contributed by atoms with Gasteiger partial charge in [0.05, 0.1) is 24.9 Å². The molecule has 50 heavy (non-hydrogen) atoms. The van der Waals surface area contributed by atoms with Crippen LogP contribution in [0.3, 0.4) is 0 Å². The lowest BCUT2D eigenvalue weighted by atomic mass is 9.53. The van der Waals surface area contributed by atoms with Crippen molar-refractivity contribution in [1.82, 2.24) is 19.9 Å². The Bertz CT molecular complexity index is 1620. The van der Waals surface area contributed by atoms with E-state index in [0.29, 0.717) is 30.8 Å². The van der Waals surface area contributed by atoms with Gasteiger partial charge in [0.25, 0.3) is 5.67 Å². The minimum atomic E-state index is -2.98. The molecule has 2 aliphatic heterocycles. The predicted molar refractivity (Wildman–Crippen MR) is 189 cm³/mol. The summed E-state index contributed by atoms with van der Waals surface area (Å²) in [6, 6.07) is 6.45. The molecule has 2 aliphatic rings. The zero-order chi connectivity index (χ0) is 37.2. The number of amides is 1. The number of Topliss-reactive ketones (excluding diaryl/α,β-unsaturated/α-hetero) is 2. The number of nitrogen functional groups attached to an aromatic ring is 1. The summed E-state index contributed by atoms with van der Waals surface area (Å²) in [5.74, 6) is -4.57. The van der Waals surface area contributed by atoms with Gasteiger partial charge in [-0.05, 0) is 51.1 Å². The summed E-state index contributed by atoms with van der Waals surface area (Å²) >= 11 is 0. The molecule has 0 aliphatic carbocycles. The highest BCUT2D eigenvalue weighted by molar-refractivity contribution is 6.20. The second kappa shape index (κ2) is 15.0. The molecule has 2 aromatic rings. The number of hydrogen-bond acceptors (Lipinski definition) is 10. The van der Waals surface area contributed by atoms with Crippen molar-refractivity contribution in [1.29, 1.82) is 0 Å². The highest BCUT2D eigenvalue weighted by Gasteiger charge is 2.61. The molecule has 1 aromatic heterocycles. The van der Waals surface area contributed by atoms with Crippen LogP contribution in [0.15, 0.2) is 42.6 Å². The number of rotatable bonds is 8. The highest BCUT2D eigenvalue weighted by atomic mass is 19.1. The maximum Gasteiger partial charge on any atom is 0.411 e. The lowest BCUT2D eigenvalue weighted by molar-refractivity contribution is -0.180. The van der Waals surface area contributed by atoms with Crippen molar-refractivity contribution in [2.24, 2.45) is 17.8 Å². The van der Waals surface area contributed by atoms with Gasteiger partial charge in [-0.1, -0.05) is 63.6 Å². The smallest absolute Gasteiger partial charge is 0.411 e. The molecule has 2 N–H and O–H groups in total. The van der Waals surface area contributed by atoms with Crippen molar-refractivity contribution in [2.75, 3.05) is 19.4 Å². The fraction of sp³-hybridized carbons (Fsp3) is 0.611. The summed E-state index contributed by atoms with van der Waals surface area (Å²) in [7, 11) is 3.33. The van der Waals surface area contributed by atoms with Crippen molar-refractivity contribution in [2.45, 2.75) is 109 Å². The molecule has 0 bridgehead atoms. The van der Waals surface area contributed by atoms with Crippen molar-refractivity contribution in [3.63, 3.8) is 0 Å². The van der Waals surface area contributed by atoms with Crippen LogP contribution in [-0.2, 0) is 35.1 Å². The summed E-state index contributed by atoms with van der Waals surface area (Å²) in [4.78, 5) is 56.4. The second-order valence-electron chi connectivity index (χ2n) is 14.5. The number of nitrogens with two attached hydrogens (primary N) is 1. The summed E-state index contributed by atoms with van der Waals surface area (Å²) in [6.07, 6.45) is 3.87. The van der Waals surface area contributed by atoms with Gasteiger partial charge in [-0.2, -0.15) is 0 Å². The van der Waals surface area contributed by atoms with Gasteiger partial charge in [0.2, 0.25) is 0 Å². The van der Waals surface area contributed by atoms with Gasteiger partial charge < -0.3 is 19.9 Å². The molecule has 1 aromatic carbocycles. The molecule has 12 nitrogen and oxygen atoms in total. The molecule has 0 spiro atoms. The van der Waals surface area contributed by atoms with E-state index in [1.807, 2.05) is 39.0 Å². The summed E-state index contributed by atoms with van der Waals surface area (Å²) < 4.78 is 35.3. The van der Waals surface area contributed by atoms with Crippen molar-refractivity contribution in [3.05, 3.63) is 42.6 Å². The standard InChI is InChI=1S/C36H51BFN5O7/c1-9-28-35(7)30(43(33(47)50-35)18-11-10-17-42-20-27(40-41-42)25-13-12-14-26(39)19-25)22(3)29(44)21(2)15-16-36(37,24(5)48-8)23(4)31(45)34(6,38)32(46)49-28/h10-14,19-24,28,30H,9,15-18,37,39H2,1-8H3/b11-10+/t21-,22+,23+,24?,28-,30-,34+,35-,36+/m1/s1. The van der Waals surface area contributed by atoms with Crippen molar-refractivity contribution in [3.8, 4) is 11.3 Å². The minimum Gasteiger partial charge on any atom is -0.455 e. The van der Waals surface area contributed by atoms with Crippen LogP contribution in [0, 0.1) is 17.8 Å². The monoisotopic (exact) mass is 695 g/mol. The SMILES string of the molecule is B[C@@]1(C(C)OC)CC[C@@H](C)C(=O)[C@H](C)[C@H]2N(C/C=C/Cn3cc(-c4cccc(N)c4)nn3)C(=O)O[C@]2(C)[C@@H](CC)OC(=O)[C@@](C)(F)C(=O)[C@@H]1C. The number of cyclic esters (lactones) is 1. The van der Waals surface area contributed by atoms with E-state index in [4.69, 9.17) is 19.9 Å². The number of ketones is 2. The zero-order valence-electron chi connectivity index (χ0n) is 30.6. The predicted octanol–water partition coefficient (Wildman–Crippen LogP) is 4.38. The lowest BCUT2D eigenvalue weighted by Gasteiger charge is -2.43. The molecule has 2 saturated heterocycles. The first-order chi connectivity index (χ1) is 23.4. The van der Waals surface area contributed by atoms with Gasteiger partial charge in [0, 0.05) is 42.7 Å². The number of aromatic nitrogens is 3. The van der Waals surface area contributed by atoms with Gasteiger partial charge in [-0.3, -0.25) is 14.5 Å². The average molecular weight is 696 g/mol. The Labute approximate surface area is 294 Å². The summed E-state index contributed by atoms with van der Waals surface area (Å²) in [5, 5.41) is 7.49. The van der Waals surface area contributed by atoms with Crippen LogP contribution >= 0.6 is 0 Å². The third-order valence-corrected chi connectivity index (χ3v) is 11.2. The molecule has 1 amide bonds. The summed E-state index contributed by atoms with van der Waals surface area (Å²) in [6.45, 7) is 11.6. The number of esters is 1. The Morgan fingerprint density at radius 3 is 2.48 bits per heavy atom. The Hall–Kier alpha value is -4.07. The van der Waals surface area contributed by atoms with Gasteiger partial charge in [0.15, 0.2) is 11.4 Å². The fourth-order valence-corrected chi connectivity index (χ4v) is 7.50. The van der Waals surface area contributed by atoms with Gasteiger partial charge >= 0.3 is 12.1 Å². The Balaban J connectivity index is 1.65. The molecule has 3 heterocycles. The number of halogens is 1. The van der Waals surface area contributed by atoms with Crippen LogP contribution in [0.25, 0.3) is 11.3 Å². The fourth-order valence-electron chi connectivity index (χ4n) is 7.50. The first-order valence-electron chi connectivity index (χ1n) is 17.3. The number of nitrogens with zero attached hydrogens (tertiary/aromatic N) is 4. The van der Waals surface area contributed by atoms with Crippen LogP contribution in [0.1, 0.15) is 67.7 Å². The van der Waals surface area contributed by atoms with E-state index in [9.17, 15) is 19.2 Å². The molecule has 1 unspecified atom stereocenters. The molecular formula is C36H51BFN5O7. The topological polar surface area (TPSA) is 156 Å². The molecule has 0 saturated carbocycles. The Morgan fingerprint density at radius 1 is 1.16 bits per heavy atom. The van der Waals surface area contributed by atoms with Crippen LogP contribution in [0.4, 0.5) is 14.9 Å². The second-order valence-corrected chi connectivity index (χ2v) is 14.5. The number of carbonyl (C=O) groups excluding carboxylic acids is 4. The van der Waals surface area contributed by atoms with Crippen LogP contribution < -0.4 is 5.73 Å². The Kier molecular flexibility index (Phi) is 11.7. The van der Waals surface area contributed by atoms with Crippen molar-refractivity contribution < 1.29 is 37.8 Å². The quantitative estimate of drug-likeness (QED) is 0.138. The third kappa shape index (κ3) is 7.36. The summed E-state index contributed by atoms with van der Waals surface area (Å²) in [5.41, 5.74) is 3.49. The van der Waals surface area contributed by atoms with E-state index in [0.717, 1.165) is 12.5 Å². The first-order valence-corrected chi connectivity index (χ1v) is 17.3. The maximum atomic E-state index is 16.3. The van der Waals surface area contributed by atoms with E-state index in [1.54, 1.807) is 57.6 Å². The van der Waals surface area contributed by atoms with E-state index < -0.39 is 70.4 Å².